The van der Waals surface area contributed by atoms with Crippen LogP contribution in [0.4, 0.5) is 5.82 Å². The van der Waals surface area contributed by atoms with Crippen LogP contribution in [0.25, 0.3) is 5.57 Å². The highest BCUT2D eigenvalue weighted by Crippen LogP contribution is 2.24. The van der Waals surface area contributed by atoms with Gasteiger partial charge in [-0.3, -0.25) is 14.9 Å². The Bertz CT molecular complexity index is 808. The van der Waals surface area contributed by atoms with Crippen molar-refractivity contribution in [3.05, 3.63) is 47.7 Å². The minimum absolute atomic E-state index is 0.238. The zero-order chi connectivity index (χ0) is 17.8. The molecule has 3 rings (SSSR count). The molecule has 2 amide bonds. The van der Waals surface area contributed by atoms with E-state index in [2.05, 4.69) is 10.5 Å². The Balaban J connectivity index is 1.60. The van der Waals surface area contributed by atoms with Crippen LogP contribution in [0.2, 0.25) is 0 Å². The van der Waals surface area contributed by atoms with Gasteiger partial charge in [-0.2, -0.15) is 0 Å². The molecule has 0 saturated heterocycles. The number of rotatable bonds is 3. The maximum atomic E-state index is 12.2. The van der Waals surface area contributed by atoms with Crippen LogP contribution >= 0.6 is 0 Å². The van der Waals surface area contributed by atoms with Gasteiger partial charge in [0.05, 0.1) is 7.11 Å². The van der Waals surface area contributed by atoms with E-state index >= 15 is 0 Å². The lowest BCUT2D eigenvalue weighted by Crippen LogP contribution is -2.41. The maximum absolute atomic E-state index is 12.2. The summed E-state index contributed by atoms with van der Waals surface area (Å²) in [6.45, 7) is 2.59. The van der Waals surface area contributed by atoms with Crippen LogP contribution in [0.5, 0.6) is 5.75 Å². The molecule has 1 N–H and O–H groups in total. The molecule has 2 aromatic rings. The zero-order valence-electron chi connectivity index (χ0n) is 14.1. The van der Waals surface area contributed by atoms with Gasteiger partial charge in [-0.05, 0) is 36.6 Å². The van der Waals surface area contributed by atoms with Crippen LogP contribution in [0.15, 0.2) is 40.9 Å². The Morgan fingerprint density at radius 3 is 2.60 bits per heavy atom. The highest BCUT2D eigenvalue weighted by Gasteiger charge is 2.24. The van der Waals surface area contributed by atoms with E-state index in [9.17, 15) is 9.59 Å². The summed E-state index contributed by atoms with van der Waals surface area (Å²) >= 11 is 0. The van der Waals surface area contributed by atoms with Crippen molar-refractivity contribution in [2.45, 2.75) is 13.3 Å². The van der Waals surface area contributed by atoms with Crippen LogP contribution in [0.1, 0.15) is 17.7 Å². The van der Waals surface area contributed by atoms with E-state index in [4.69, 9.17) is 9.26 Å². The molecular formula is C18H19N3O4. The molecule has 0 atom stereocenters. The van der Waals surface area contributed by atoms with Gasteiger partial charge in [-0.25, -0.2) is 0 Å². The molecule has 7 nitrogen and oxygen atoms in total. The first-order valence-corrected chi connectivity index (χ1v) is 7.94. The number of methoxy groups -OCH3 is 1. The fourth-order valence-corrected chi connectivity index (χ4v) is 2.66. The standard InChI is InChI=1S/C18H19N3O4/c1-12-11-16(20-25-12)19-17(22)18(23)21-9-7-14(8-10-21)13-3-5-15(24-2)6-4-13/h3-7,11H,8-10H2,1-2H3,(H,19,20,22). The van der Waals surface area contributed by atoms with Crippen LogP contribution < -0.4 is 10.1 Å². The van der Waals surface area contributed by atoms with E-state index in [1.54, 1.807) is 20.1 Å². The first-order valence-electron chi connectivity index (χ1n) is 7.94. The Morgan fingerprint density at radius 2 is 2.04 bits per heavy atom. The van der Waals surface area contributed by atoms with Gasteiger partial charge in [0, 0.05) is 19.2 Å². The van der Waals surface area contributed by atoms with E-state index in [1.165, 1.54) is 4.90 Å². The molecule has 130 valence electrons. The highest BCUT2D eigenvalue weighted by atomic mass is 16.5. The average Bonchev–Trinajstić information content (AvgIpc) is 3.06. The Morgan fingerprint density at radius 1 is 1.28 bits per heavy atom. The number of anilines is 1. The van der Waals surface area contributed by atoms with Crippen molar-refractivity contribution in [1.29, 1.82) is 0 Å². The van der Waals surface area contributed by atoms with Crippen molar-refractivity contribution < 1.29 is 18.8 Å². The second-order valence-corrected chi connectivity index (χ2v) is 5.74. The number of nitrogens with zero attached hydrogens (tertiary/aromatic N) is 2. The third-order valence-corrected chi connectivity index (χ3v) is 4.02. The Kier molecular flexibility index (Phi) is 4.83. The molecule has 1 aliphatic rings. The van der Waals surface area contributed by atoms with E-state index in [0.29, 0.717) is 25.3 Å². The second kappa shape index (κ2) is 7.21. The minimum atomic E-state index is -0.713. The number of amides is 2. The van der Waals surface area contributed by atoms with E-state index in [-0.39, 0.29) is 5.82 Å². The molecule has 0 unspecified atom stereocenters. The lowest BCUT2D eigenvalue weighted by molar-refractivity contribution is -0.142. The quantitative estimate of drug-likeness (QED) is 0.866. The largest absolute Gasteiger partial charge is 0.497 e. The highest BCUT2D eigenvalue weighted by molar-refractivity contribution is 6.39. The number of carbonyl (C=O) groups is 2. The molecule has 0 radical (unpaired) electrons. The number of aromatic nitrogens is 1. The third kappa shape index (κ3) is 3.88. The lowest BCUT2D eigenvalue weighted by atomic mass is 9.99. The number of aryl methyl sites for hydroxylation is 1. The van der Waals surface area contributed by atoms with Crippen molar-refractivity contribution in [2.75, 3.05) is 25.5 Å². The van der Waals surface area contributed by atoms with Gasteiger partial charge in [-0.15, -0.1) is 0 Å². The molecule has 1 aliphatic heterocycles. The minimum Gasteiger partial charge on any atom is -0.497 e. The summed E-state index contributed by atoms with van der Waals surface area (Å²) in [7, 11) is 1.63. The number of hydrogen-bond acceptors (Lipinski definition) is 5. The topological polar surface area (TPSA) is 84.7 Å². The van der Waals surface area contributed by atoms with Gasteiger partial charge in [0.15, 0.2) is 5.82 Å². The molecule has 1 aromatic heterocycles. The summed E-state index contributed by atoms with van der Waals surface area (Å²) in [6.07, 6.45) is 2.66. The number of nitrogens with one attached hydrogen (secondary N) is 1. The Labute approximate surface area is 145 Å². The molecule has 0 fully saturated rings. The fourth-order valence-electron chi connectivity index (χ4n) is 2.66. The average molecular weight is 341 g/mol. The molecule has 7 heteroatoms. The first kappa shape index (κ1) is 16.8. The van der Waals surface area contributed by atoms with Crippen molar-refractivity contribution in [1.82, 2.24) is 10.1 Å². The summed E-state index contributed by atoms with van der Waals surface area (Å²) in [5, 5.41) is 6.10. The maximum Gasteiger partial charge on any atom is 0.315 e. The monoisotopic (exact) mass is 341 g/mol. The fraction of sp³-hybridized carbons (Fsp3) is 0.278. The molecule has 0 saturated carbocycles. The number of hydrogen-bond donors (Lipinski definition) is 1. The van der Waals surface area contributed by atoms with Crippen LogP contribution in [0.3, 0.4) is 0 Å². The van der Waals surface area contributed by atoms with Crippen LogP contribution in [-0.2, 0) is 9.59 Å². The van der Waals surface area contributed by atoms with Crippen molar-refractivity contribution in [3.8, 4) is 5.75 Å². The predicted octanol–water partition coefficient (Wildman–Crippen LogP) is 2.25. The molecule has 25 heavy (non-hydrogen) atoms. The lowest BCUT2D eigenvalue weighted by Gasteiger charge is -2.26. The van der Waals surface area contributed by atoms with E-state index in [0.717, 1.165) is 16.9 Å². The van der Waals surface area contributed by atoms with Crippen LogP contribution in [-0.4, -0.2) is 42.1 Å². The summed E-state index contributed by atoms with van der Waals surface area (Å²) < 4.78 is 10.0. The number of ether oxygens (including phenoxy) is 1. The van der Waals surface area contributed by atoms with Crippen LogP contribution in [0, 0.1) is 6.92 Å². The third-order valence-electron chi connectivity index (χ3n) is 4.02. The smallest absolute Gasteiger partial charge is 0.315 e. The molecule has 2 heterocycles. The number of benzene rings is 1. The van der Waals surface area contributed by atoms with E-state index in [1.807, 2.05) is 30.3 Å². The van der Waals surface area contributed by atoms with Gasteiger partial charge in [0.1, 0.15) is 11.5 Å². The molecule has 0 spiro atoms. The van der Waals surface area contributed by atoms with E-state index < -0.39 is 11.8 Å². The predicted molar refractivity (Wildman–Crippen MR) is 92.0 cm³/mol. The molecular weight excluding hydrogens is 322 g/mol. The van der Waals surface area contributed by atoms with Gasteiger partial charge in [0.2, 0.25) is 0 Å². The summed E-state index contributed by atoms with van der Waals surface area (Å²) in [6, 6.07) is 9.34. The number of carbonyl (C=O) groups excluding carboxylic acids is 2. The Hall–Kier alpha value is -3.09. The second-order valence-electron chi connectivity index (χ2n) is 5.74. The summed E-state index contributed by atoms with van der Waals surface area (Å²) in [5.41, 5.74) is 2.25. The normalized spacial score (nSPS) is 14.0. The summed E-state index contributed by atoms with van der Waals surface area (Å²) in [4.78, 5) is 25.8. The van der Waals surface area contributed by atoms with Crippen molar-refractivity contribution in [2.24, 2.45) is 0 Å². The molecule has 1 aromatic carbocycles. The molecule has 0 aliphatic carbocycles. The molecule has 0 bridgehead atoms. The zero-order valence-corrected chi connectivity index (χ0v) is 14.1. The van der Waals surface area contributed by atoms with Crippen molar-refractivity contribution >= 4 is 23.2 Å². The van der Waals surface area contributed by atoms with Gasteiger partial charge < -0.3 is 14.2 Å². The van der Waals surface area contributed by atoms with Gasteiger partial charge >= 0.3 is 11.8 Å². The summed E-state index contributed by atoms with van der Waals surface area (Å²) in [5.74, 6) is 0.312. The van der Waals surface area contributed by atoms with Crippen molar-refractivity contribution in [3.63, 3.8) is 0 Å². The van der Waals surface area contributed by atoms with Gasteiger partial charge in [-0.1, -0.05) is 23.4 Å². The first-order chi connectivity index (χ1) is 12.1. The SMILES string of the molecule is COc1ccc(C2=CCN(C(=O)C(=O)Nc3cc(C)on3)CC2)cc1. The van der Waals surface area contributed by atoms with Gasteiger partial charge in [0.25, 0.3) is 0 Å².